The molecule has 0 bridgehead atoms. The lowest BCUT2D eigenvalue weighted by atomic mass is 10.0. The molecule has 10 aromatic carbocycles. The van der Waals surface area contributed by atoms with Crippen LogP contribution in [0.1, 0.15) is 0 Å². The first-order valence-corrected chi connectivity index (χ1v) is 26.0. The van der Waals surface area contributed by atoms with Crippen molar-refractivity contribution >= 4 is 57.4 Å². The number of thiophene rings is 1. The quantitative estimate of drug-likeness (QED) is 0.0546. The van der Waals surface area contributed by atoms with Crippen molar-refractivity contribution in [3.8, 4) is 76.9 Å². The Labute approximate surface area is 453 Å². The van der Waals surface area contributed by atoms with Gasteiger partial charge in [0.25, 0.3) is 0 Å². The molecule has 0 unspecified atom stereocenters. The molecule has 7 heteroatoms. The minimum absolute atomic E-state index is 0.458. The van der Waals surface area contributed by atoms with E-state index in [1.807, 2.05) is 36.4 Å². The number of benzene rings is 10. The van der Waals surface area contributed by atoms with Crippen molar-refractivity contribution in [2.45, 2.75) is 0 Å². The average molecular weight is 1020 g/mol. The van der Waals surface area contributed by atoms with E-state index in [9.17, 15) is 9.59 Å². The van der Waals surface area contributed by atoms with Gasteiger partial charge in [0, 0.05) is 56.0 Å². The van der Waals surface area contributed by atoms with Crippen molar-refractivity contribution < 1.29 is 19.1 Å². The number of anilines is 6. The molecule has 0 N–H and O–H groups in total. The Bertz CT molecular complexity index is 3610. The number of rotatable bonds is 16. The summed E-state index contributed by atoms with van der Waals surface area (Å²) in [5.41, 5.74) is 17.2. The third-order valence-electron chi connectivity index (χ3n) is 13.3. The minimum atomic E-state index is -0.499. The molecule has 11 rings (SSSR count). The third-order valence-corrected chi connectivity index (χ3v) is 14.5. The number of hydrogen-bond acceptors (Lipinski definition) is 7. The Balaban J connectivity index is 0.858. The fourth-order valence-corrected chi connectivity index (χ4v) is 10.3. The zero-order valence-electron chi connectivity index (χ0n) is 41.9. The monoisotopic (exact) mass is 1010 g/mol. The molecule has 0 aliphatic rings. The van der Waals surface area contributed by atoms with Crippen molar-refractivity contribution in [3.63, 3.8) is 0 Å². The molecule has 0 radical (unpaired) electrons. The Morgan fingerprint density at radius 3 is 0.753 bits per heavy atom. The topological polar surface area (TPSA) is 59.1 Å². The summed E-state index contributed by atoms with van der Waals surface area (Å²) in [6, 6.07) is 92.3. The average Bonchev–Trinajstić information content (AvgIpc) is 4.00. The zero-order valence-corrected chi connectivity index (χ0v) is 42.7. The molecular formula is C70H50N2O4S. The van der Waals surface area contributed by atoms with Crippen LogP contribution in [0.4, 0.5) is 34.1 Å². The summed E-state index contributed by atoms with van der Waals surface area (Å²) in [5, 5.41) is 0. The van der Waals surface area contributed by atoms with Crippen LogP contribution in [0.2, 0.25) is 0 Å². The Hall–Kier alpha value is -10.1. The van der Waals surface area contributed by atoms with E-state index in [0.717, 1.165) is 79.7 Å². The highest BCUT2D eigenvalue weighted by Gasteiger charge is 2.17. The van der Waals surface area contributed by atoms with Crippen LogP contribution >= 0.6 is 11.3 Å². The fraction of sp³-hybridized carbons (Fsp3) is 0. The SMILES string of the molecule is C=CC(=O)Oc1ccc(-c2ccc(N(c3ccc(-c4ccc(OC(=O)C=C)cc4)cc3)c3ccc(-c4ccc(-c5ccc(N(c6ccc(-c7ccccc7)cc6)c6ccc(-c7ccccc7)cc6)cc5)s4)cc3)cc2)cc1. The van der Waals surface area contributed by atoms with Crippen molar-refractivity contribution in [2.75, 3.05) is 9.80 Å². The van der Waals surface area contributed by atoms with Gasteiger partial charge in [-0.15, -0.1) is 11.3 Å². The summed E-state index contributed by atoms with van der Waals surface area (Å²) in [6.45, 7) is 6.97. The van der Waals surface area contributed by atoms with Gasteiger partial charge in [0.1, 0.15) is 11.5 Å². The van der Waals surface area contributed by atoms with Gasteiger partial charge in [-0.25, -0.2) is 9.59 Å². The van der Waals surface area contributed by atoms with Crippen molar-refractivity contribution in [1.29, 1.82) is 0 Å². The van der Waals surface area contributed by atoms with Crippen LogP contribution in [0.15, 0.2) is 292 Å². The lowest BCUT2D eigenvalue weighted by molar-refractivity contribution is -0.129. The molecule has 6 nitrogen and oxygen atoms in total. The van der Waals surface area contributed by atoms with Gasteiger partial charge in [0.05, 0.1) is 0 Å². The van der Waals surface area contributed by atoms with Crippen LogP contribution in [0.25, 0.3) is 65.4 Å². The van der Waals surface area contributed by atoms with Crippen LogP contribution in [0.5, 0.6) is 11.5 Å². The molecule has 1 heterocycles. The van der Waals surface area contributed by atoms with Crippen LogP contribution in [0, 0.1) is 0 Å². The number of ether oxygens (including phenoxy) is 2. The van der Waals surface area contributed by atoms with Crippen LogP contribution < -0.4 is 19.3 Å². The zero-order chi connectivity index (χ0) is 52.5. The molecule has 0 spiro atoms. The first kappa shape index (κ1) is 49.1. The molecular weight excluding hydrogens is 965 g/mol. The second-order valence-corrected chi connectivity index (χ2v) is 19.2. The second-order valence-electron chi connectivity index (χ2n) is 18.1. The maximum Gasteiger partial charge on any atom is 0.335 e. The molecule has 11 aromatic rings. The summed E-state index contributed by atoms with van der Waals surface area (Å²) >= 11 is 1.78. The highest BCUT2D eigenvalue weighted by molar-refractivity contribution is 7.18. The number of carbonyl (C=O) groups excluding carboxylic acids is 2. The molecule has 77 heavy (non-hydrogen) atoms. The van der Waals surface area contributed by atoms with Crippen LogP contribution in [0.3, 0.4) is 0 Å². The molecule has 0 saturated carbocycles. The summed E-state index contributed by atoms with van der Waals surface area (Å²) in [5.74, 6) is -0.0814. The largest absolute Gasteiger partial charge is 0.423 e. The van der Waals surface area contributed by atoms with Gasteiger partial charge in [0.2, 0.25) is 0 Å². The molecule has 0 saturated heterocycles. The molecule has 0 aliphatic heterocycles. The van der Waals surface area contributed by atoms with Crippen molar-refractivity contribution in [2.24, 2.45) is 0 Å². The van der Waals surface area contributed by atoms with Gasteiger partial charge in [-0.2, -0.15) is 0 Å². The van der Waals surface area contributed by atoms with E-state index < -0.39 is 11.9 Å². The molecule has 0 aliphatic carbocycles. The summed E-state index contributed by atoms with van der Waals surface area (Å²) in [4.78, 5) is 30.4. The lowest BCUT2D eigenvalue weighted by Gasteiger charge is -2.26. The van der Waals surface area contributed by atoms with Crippen LogP contribution in [-0.2, 0) is 9.59 Å². The normalized spacial score (nSPS) is 10.8. The van der Waals surface area contributed by atoms with Crippen LogP contribution in [-0.4, -0.2) is 11.9 Å². The lowest BCUT2D eigenvalue weighted by Crippen LogP contribution is -2.09. The molecule has 0 atom stereocenters. The second kappa shape index (κ2) is 22.6. The number of nitrogens with zero attached hydrogens (tertiary/aromatic N) is 2. The number of esters is 2. The summed E-state index contributed by atoms with van der Waals surface area (Å²) in [6.07, 6.45) is 2.30. The van der Waals surface area contributed by atoms with Crippen molar-refractivity contribution in [3.05, 3.63) is 292 Å². The Kier molecular flexibility index (Phi) is 14.4. The molecule has 0 fully saturated rings. The van der Waals surface area contributed by atoms with Crippen molar-refractivity contribution in [1.82, 2.24) is 0 Å². The first-order chi connectivity index (χ1) is 37.8. The van der Waals surface area contributed by atoms with Gasteiger partial charge in [-0.3, -0.25) is 0 Å². The molecule has 0 amide bonds. The summed E-state index contributed by atoms with van der Waals surface area (Å²) in [7, 11) is 0. The highest BCUT2D eigenvalue weighted by Crippen LogP contribution is 2.42. The predicted molar refractivity (Wildman–Crippen MR) is 318 cm³/mol. The minimum Gasteiger partial charge on any atom is -0.423 e. The van der Waals surface area contributed by atoms with E-state index in [2.05, 4.69) is 229 Å². The molecule has 1 aromatic heterocycles. The predicted octanol–water partition coefficient (Wildman–Crippen LogP) is 18.9. The number of carbonyl (C=O) groups is 2. The number of hydrogen-bond donors (Lipinski definition) is 0. The smallest absolute Gasteiger partial charge is 0.335 e. The standard InChI is InChI=1S/C70H50N2O4S/c1-3-69(73)75-65-43-27-55(28-44-65)53-19-35-61(36-20-53)72(62-37-21-54(22-38-62)56-29-45-66(46-30-56)76-70(74)4-2)64-41-25-58(26-42-64)68-48-47-67(77-68)57-23-39-63(40-24-57)71(59-31-15-51(16-32-59)49-11-7-5-8-12-49)60-33-17-52(18-34-60)50-13-9-6-10-14-50/h3-48H,1-2H2. The maximum atomic E-state index is 11.8. The van der Waals surface area contributed by atoms with E-state index in [4.69, 9.17) is 9.47 Å². The van der Waals surface area contributed by atoms with E-state index >= 15 is 0 Å². The first-order valence-electron chi connectivity index (χ1n) is 25.2. The highest BCUT2D eigenvalue weighted by atomic mass is 32.1. The van der Waals surface area contributed by atoms with Gasteiger partial charge in [-0.1, -0.05) is 171 Å². The van der Waals surface area contributed by atoms with Gasteiger partial charge in [-0.05, 0) is 165 Å². The van der Waals surface area contributed by atoms with E-state index in [0.29, 0.717) is 11.5 Å². The molecule has 370 valence electrons. The fourth-order valence-electron chi connectivity index (χ4n) is 9.31. The van der Waals surface area contributed by atoms with E-state index in [1.165, 1.54) is 32.0 Å². The van der Waals surface area contributed by atoms with Gasteiger partial charge < -0.3 is 19.3 Å². The summed E-state index contributed by atoms with van der Waals surface area (Å²) < 4.78 is 10.6. The van der Waals surface area contributed by atoms with Gasteiger partial charge in [0.15, 0.2) is 0 Å². The van der Waals surface area contributed by atoms with Gasteiger partial charge >= 0.3 is 11.9 Å². The Morgan fingerprint density at radius 1 is 0.286 bits per heavy atom. The maximum absolute atomic E-state index is 11.8. The van der Waals surface area contributed by atoms with E-state index in [-0.39, 0.29) is 0 Å². The van der Waals surface area contributed by atoms with E-state index in [1.54, 1.807) is 35.6 Å². The Morgan fingerprint density at radius 2 is 0.506 bits per heavy atom. The third kappa shape index (κ3) is 11.2.